The fourth-order valence-electron chi connectivity index (χ4n) is 1.46. The highest BCUT2D eigenvalue weighted by Crippen LogP contribution is 2.13. The molecule has 0 bridgehead atoms. The highest BCUT2D eigenvalue weighted by molar-refractivity contribution is 7.91. The van der Waals surface area contributed by atoms with Crippen molar-refractivity contribution >= 4 is 16.1 Å². The molecule has 1 rings (SSSR count). The van der Waals surface area contributed by atoms with Gasteiger partial charge in [-0.1, -0.05) is 13.5 Å². The monoisotopic (exact) mass is 242 g/mol. The van der Waals surface area contributed by atoms with Crippen LogP contribution in [-0.4, -0.2) is 32.8 Å². The summed E-state index contributed by atoms with van der Waals surface area (Å²) in [5, 5.41) is 3.03. The average Bonchev–Trinajstić information content (AvgIpc) is 2.22. The zero-order valence-electron chi connectivity index (χ0n) is 9.78. The summed E-state index contributed by atoms with van der Waals surface area (Å²) < 4.78 is 22.9. The van der Waals surface area contributed by atoms with E-state index in [0.717, 1.165) is 23.3 Å². The molecule has 5 heteroatoms. The largest absolute Gasteiger partial charge is 0.384 e. The minimum absolute atomic E-state index is 0.0953. The lowest BCUT2D eigenvalue weighted by Crippen LogP contribution is -2.25. The normalized spacial score (nSPS) is 28.2. The van der Waals surface area contributed by atoms with E-state index in [1.54, 1.807) is 6.21 Å². The molecule has 4 nitrogen and oxygen atoms in total. The van der Waals surface area contributed by atoms with Crippen LogP contribution in [0.2, 0.25) is 0 Å². The zero-order chi connectivity index (χ0) is 12.2. The molecule has 0 saturated heterocycles. The molecule has 1 N–H and O–H groups in total. The summed E-state index contributed by atoms with van der Waals surface area (Å²) in [7, 11) is -3.08. The molecule has 0 aliphatic carbocycles. The first kappa shape index (κ1) is 13.0. The number of sulfone groups is 1. The van der Waals surface area contributed by atoms with Crippen LogP contribution in [0, 0.1) is 0 Å². The minimum Gasteiger partial charge on any atom is -0.384 e. The van der Waals surface area contributed by atoms with Crippen LogP contribution in [0.5, 0.6) is 0 Å². The van der Waals surface area contributed by atoms with Crippen molar-refractivity contribution in [1.29, 1.82) is 0 Å². The molecule has 1 aliphatic heterocycles. The lowest BCUT2D eigenvalue weighted by Gasteiger charge is -2.14. The predicted molar refractivity (Wildman–Crippen MR) is 67.3 cm³/mol. The Balaban J connectivity index is 3.03. The maximum absolute atomic E-state index is 11.5. The summed E-state index contributed by atoms with van der Waals surface area (Å²) in [5.41, 5.74) is 2.85. The third-order valence-electron chi connectivity index (χ3n) is 2.59. The third kappa shape index (κ3) is 3.48. The van der Waals surface area contributed by atoms with Crippen LogP contribution in [0.25, 0.3) is 0 Å². The molecule has 0 radical (unpaired) electrons. The number of hydrogen-bond acceptors (Lipinski definition) is 4. The second kappa shape index (κ2) is 5.30. The summed E-state index contributed by atoms with van der Waals surface area (Å²) in [4.78, 5) is 3.98. The molecule has 0 amide bonds. The van der Waals surface area contributed by atoms with Crippen molar-refractivity contribution in [2.24, 2.45) is 4.99 Å². The van der Waals surface area contributed by atoms with Gasteiger partial charge in [0.05, 0.1) is 5.75 Å². The molecule has 0 saturated carbocycles. The van der Waals surface area contributed by atoms with Gasteiger partial charge in [-0.05, 0) is 24.5 Å². The predicted octanol–water partition coefficient (Wildman–Crippen LogP) is 1.27. The Labute approximate surface area is 97.1 Å². The van der Waals surface area contributed by atoms with Gasteiger partial charge in [0.1, 0.15) is 5.88 Å². The first-order valence-corrected chi connectivity index (χ1v) is 7.11. The van der Waals surface area contributed by atoms with Crippen LogP contribution in [0.3, 0.4) is 0 Å². The van der Waals surface area contributed by atoms with Gasteiger partial charge in [0, 0.05) is 18.5 Å². The smallest absolute Gasteiger partial charge is 0.172 e. The van der Waals surface area contributed by atoms with Crippen LogP contribution < -0.4 is 5.32 Å². The molecule has 0 aromatic carbocycles. The Kier molecular flexibility index (Phi) is 4.29. The van der Waals surface area contributed by atoms with E-state index in [1.165, 1.54) is 0 Å². The van der Waals surface area contributed by atoms with E-state index in [4.69, 9.17) is 0 Å². The SMILES string of the molecule is C=C1NCCS(=O)(=O)C/N=C\C(CC)=C/1C. The van der Waals surface area contributed by atoms with Crippen molar-refractivity contribution < 1.29 is 8.42 Å². The molecule has 0 aromatic rings. The first-order chi connectivity index (χ1) is 7.46. The quantitative estimate of drug-likeness (QED) is 0.753. The van der Waals surface area contributed by atoms with E-state index in [1.807, 2.05) is 13.8 Å². The summed E-state index contributed by atoms with van der Waals surface area (Å²) in [6, 6.07) is 0. The molecule has 90 valence electrons. The highest BCUT2D eigenvalue weighted by Gasteiger charge is 2.11. The molecule has 0 unspecified atom stereocenters. The van der Waals surface area contributed by atoms with Gasteiger partial charge in [0.2, 0.25) is 0 Å². The lowest BCUT2D eigenvalue weighted by molar-refractivity contribution is 0.594. The standard InChI is InChI=1S/C11H18N2O2S/c1-4-11-7-12-8-16(14,15)6-5-13-10(3)9(11)2/h7,13H,3-6,8H2,1-2H3/b11-9-,12-7-. The van der Waals surface area contributed by atoms with Crippen LogP contribution in [0.15, 0.2) is 28.4 Å². The van der Waals surface area contributed by atoms with Crippen LogP contribution in [0.1, 0.15) is 20.3 Å². The number of allylic oxidation sites excluding steroid dienone is 2. The second-order valence-electron chi connectivity index (χ2n) is 3.80. The maximum atomic E-state index is 11.5. The van der Waals surface area contributed by atoms with E-state index in [9.17, 15) is 8.42 Å². The number of nitrogens with one attached hydrogen (secondary N) is 1. The van der Waals surface area contributed by atoms with Gasteiger partial charge in [0.15, 0.2) is 9.84 Å². The van der Waals surface area contributed by atoms with Gasteiger partial charge < -0.3 is 5.32 Å². The van der Waals surface area contributed by atoms with E-state index < -0.39 is 9.84 Å². The fourth-order valence-corrected chi connectivity index (χ4v) is 2.31. The fraction of sp³-hybridized carbons (Fsp3) is 0.545. The van der Waals surface area contributed by atoms with Crippen molar-refractivity contribution in [3.05, 3.63) is 23.4 Å². The second-order valence-corrected chi connectivity index (χ2v) is 5.95. The average molecular weight is 242 g/mol. The highest BCUT2D eigenvalue weighted by atomic mass is 32.2. The van der Waals surface area contributed by atoms with Crippen LogP contribution in [-0.2, 0) is 9.84 Å². The van der Waals surface area contributed by atoms with Crippen molar-refractivity contribution in [2.75, 3.05) is 18.2 Å². The van der Waals surface area contributed by atoms with E-state index >= 15 is 0 Å². The molecule has 0 spiro atoms. The molecule has 16 heavy (non-hydrogen) atoms. The van der Waals surface area contributed by atoms with E-state index in [0.29, 0.717) is 6.54 Å². The molecule has 1 heterocycles. The third-order valence-corrected chi connectivity index (χ3v) is 3.95. The minimum atomic E-state index is -3.08. The zero-order valence-corrected chi connectivity index (χ0v) is 10.6. The van der Waals surface area contributed by atoms with Gasteiger partial charge >= 0.3 is 0 Å². The molecule has 0 aromatic heterocycles. The van der Waals surface area contributed by atoms with Gasteiger partial charge in [-0.15, -0.1) is 0 Å². The topological polar surface area (TPSA) is 58.5 Å². The summed E-state index contributed by atoms with van der Waals surface area (Å²) >= 11 is 0. The van der Waals surface area contributed by atoms with Crippen LogP contribution >= 0.6 is 0 Å². The van der Waals surface area contributed by atoms with E-state index in [2.05, 4.69) is 16.9 Å². The Bertz CT molecular complexity index is 433. The number of aliphatic imine (C=N–C) groups is 1. The lowest BCUT2D eigenvalue weighted by atomic mass is 10.1. The number of nitrogens with zero attached hydrogens (tertiary/aromatic N) is 1. The Morgan fingerprint density at radius 1 is 1.56 bits per heavy atom. The Morgan fingerprint density at radius 3 is 2.88 bits per heavy atom. The molecule has 0 fully saturated rings. The van der Waals surface area contributed by atoms with Crippen molar-refractivity contribution in [2.45, 2.75) is 20.3 Å². The summed E-state index contributed by atoms with van der Waals surface area (Å²) in [6.45, 7) is 8.26. The Hall–Kier alpha value is -1.10. The van der Waals surface area contributed by atoms with E-state index in [-0.39, 0.29) is 11.6 Å². The van der Waals surface area contributed by atoms with Gasteiger partial charge in [-0.25, -0.2) is 8.42 Å². The van der Waals surface area contributed by atoms with Gasteiger partial charge in [-0.3, -0.25) is 4.99 Å². The molecule has 1 aliphatic rings. The first-order valence-electron chi connectivity index (χ1n) is 5.29. The summed E-state index contributed by atoms with van der Waals surface area (Å²) in [5.74, 6) is -0.0317. The van der Waals surface area contributed by atoms with Crippen molar-refractivity contribution in [3.63, 3.8) is 0 Å². The maximum Gasteiger partial charge on any atom is 0.172 e. The number of hydrogen-bond donors (Lipinski definition) is 1. The molecular formula is C11H18N2O2S. The van der Waals surface area contributed by atoms with Crippen LogP contribution in [0.4, 0.5) is 0 Å². The van der Waals surface area contributed by atoms with Gasteiger partial charge in [0.25, 0.3) is 0 Å². The molecular weight excluding hydrogens is 224 g/mol. The van der Waals surface area contributed by atoms with Crippen molar-refractivity contribution in [1.82, 2.24) is 5.32 Å². The summed E-state index contributed by atoms with van der Waals surface area (Å²) in [6.07, 6.45) is 2.46. The van der Waals surface area contributed by atoms with Gasteiger partial charge in [-0.2, -0.15) is 0 Å². The Morgan fingerprint density at radius 2 is 2.25 bits per heavy atom. The molecule has 0 atom stereocenters. The van der Waals surface area contributed by atoms with Crippen molar-refractivity contribution in [3.8, 4) is 0 Å². The number of rotatable bonds is 1.